The van der Waals surface area contributed by atoms with Crippen molar-refractivity contribution in [2.45, 2.75) is 30.1 Å². The van der Waals surface area contributed by atoms with Crippen LogP contribution in [0.15, 0.2) is 40.8 Å². The van der Waals surface area contributed by atoms with Gasteiger partial charge in [-0.15, -0.1) is 24.8 Å². The van der Waals surface area contributed by atoms with Crippen molar-refractivity contribution >= 4 is 44.5 Å². The second-order valence-corrected chi connectivity index (χ2v) is 9.12. The molecular formula is C14H23Cl2N5O4S2. The van der Waals surface area contributed by atoms with Crippen molar-refractivity contribution in [2.24, 2.45) is 11.5 Å². The smallest absolute Gasteiger partial charge is 0.196 e. The van der Waals surface area contributed by atoms with Gasteiger partial charge in [0.1, 0.15) is 0 Å². The summed E-state index contributed by atoms with van der Waals surface area (Å²) in [6.07, 6.45) is 5.21. The van der Waals surface area contributed by atoms with Crippen LogP contribution in [-0.2, 0) is 32.8 Å². The van der Waals surface area contributed by atoms with E-state index in [9.17, 15) is 16.8 Å². The SMILES string of the molecule is CCS(=O)(=O)c1cnc(CN)cn1.CS(=O)(=O)c1ccc(CN)cn1.Cl.Cl. The maximum absolute atomic E-state index is 11.3. The lowest BCUT2D eigenvalue weighted by Gasteiger charge is -1.99. The summed E-state index contributed by atoms with van der Waals surface area (Å²) in [4.78, 5) is 11.4. The van der Waals surface area contributed by atoms with Gasteiger partial charge in [-0.25, -0.2) is 26.8 Å². The van der Waals surface area contributed by atoms with Crippen LogP contribution in [-0.4, -0.2) is 43.8 Å². The van der Waals surface area contributed by atoms with Crippen LogP contribution in [0.2, 0.25) is 0 Å². The Balaban J connectivity index is 0. The zero-order valence-electron chi connectivity index (χ0n) is 14.8. The minimum atomic E-state index is -3.24. The Morgan fingerprint density at radius 2 is 1.44 bits per heavy atom. The molecule has 0 aliphatic heterocycles. The van der Waals surface area contributed by atoms with Crippen molar-refractivity contribution in [1.29, 1.82) is 0 Å². The highest BCUT2D eigenvalue weighted by molar-refractivity contribution is 7.91. The Hall–Kier alpha value is -1.37. The average molecular weight is 460 g/mol. The molecule has 0 saturated heterocycles. The van der Waals surface area contributed by atoms with Crippen LogP contribution in [0.3, 0.4) is 0 Å². The summed E-state index contributed by atoms with van der Waals surface area (Å²) in [6, 6.07) is 3.11. The summed E-state index contributed by atoms with van der Waals surface area (Å²) in [6.45, 7) is 2.20. The highest BCUT2D eigenvalue weighted by atomic mass is 35.5. The maximum Gasteiger partial charge on any atom is 0.196 e. The first-order valence-corrected chi connectivity index (χ1v) is 10.8. The number of pyridine rings is 1. The lowest BCUT2D eigenvalue weighted by molar-refractivity contribution is 0.592. The molecule has 0 bridgehead atoms. The molecule has 0 saturated carbocycles. The molecule has 0 atom stereocenters. The van der Waals surface area contributed by atoms with E-state index in [1.54, 1.807) is 13.0 Å². The Kier molecular flexibility index (Phi) is 12.5. The predicted octanol–water partition coefficient (Wildman–Crippen LogP) is 0.516. The molecule has 9 nitrogen and oxygen atoms in total. The molecule has 0 unspecified atom stereocenters. The third kappa shape index (κ3) is 8.91. The van der Waals surface area contributed by atoms with Gasteiger partial charge in [-0.1, -0.05) is 13.0 Å². The number of hydrogen-bond donors (Lipinski definition) is 2. The lowest BCUT2D eigenvalue weighted by Crippen LogP contribution is -2.08. The van der Waals surface area contributed by atoms with E-state index in [1.165, 1.54) is 24.7 Å². The fraction of sp³-hybridized carbons (Fsp3) is 0.357. The van der Waals surface area contributed by atoms with Crippen molar-refractivity contribution in [1.82, 2.24) is 15.0 Å². The molecule has 27 heavy (non-hydrogen) atoms. The first kappa shape index (κ1) is 27.8. The minimum Gasteiger partial charge on any atom is -0.326 e. The molecule has 4 N–H and O–H groups in total. The molecule has 0 fully saturated rings. The third-order valence-corrected chi connectivity index (χ3v) is 5.61. The number of sulfone groups is 2. The number of hydrogen-bond acceptors (Lipinski definition) is 9. The van der Waals surface area contributed by atoms with E-state index >= 15 is 0 Å². The number of halogens is 2. The number of aromatic nitrogens is 3. The summed E-state index contributed by atoms with van der Waals surface area (Å²) in [7, 11) is -6.42. The van der Waals surface area contributed by atoms with Crippen LogP contribution in [0, 0.1) is 0 Å². The topological polar surface area (TPSA) is 159 Å². The molecule has 2 aromatic rings. The quantitative estimate of drug-likeness (QED) is 0.648. The first-order chi connectivity index (χ1) is 11.6. The molecule has 0 aromatic carbocycles. The van der Waals surface area contributed by atoms with Crippen molar-refractivity contribution in [2.75, 3.05) is 12.0 Å². The van der Waals surface area contributed by atoms with E-state index in [4.69, 9.17) is 11.5 Å². The molecule has 0 aliphatic carbocycles. The summed E-state index contributed by atoms with van der Waals surface area (Å²) in [5.41, 5.74) is 12.0. The van der Waals surface area contributed by atoms with Gasteiger partial charge in [0.2, 0.25) is 0 Å². The average Bonchev–Trinajstić information content (AvgIpc) is 2.61. The Bertz CT molecular complexity index is 890. The van der Waals surface area contributed by atoms with Crippen molar-refractivity contribution in [3.05, 3.63) is 42.0 Å². The number of rotatable bonds is 5. The van der Waals surface area contributed by atoms with E-state index in [1.807, 2.05) is 0 Å². The maximum atomic E-state index is 11.3. The van der Waals surface area contributed by atoms with E-state index in [0.29, 0.717) is 12.2 Å². The fourth-order valence-electron chi connectivity index (χ4n) is 1.51. The van der Waals surface area contributed by atoms with Crippen LogP contribution in [0.1, 0.15) is 18.2 Å². The molecule has 0 spiro atoms. The van der Waals surface area contributed by atoms with Gasteiger partial charge < -0.3 is 11.5 Å². The molecule has 0 amide bonds. The van der Waals surface area contributed by atoms with E-state index in [-0.39, 0.29) is 47.2 Å². The summed E-state index contributed by atoms with van der Waals surface area (Å²) in [5, 5.41) is 0.0897. The van der Waals surface area contributed by atoms with Gasteiger partial charge in [-0.3, -0.25) is 4.98 Å². The van der Waals surface area contributed by atoms with Crippen molar-refractivity contribution in [3.8, 4) is 0 Å². The normalized spacial score (nSPS) is 10.7. The van der Waals surface area contributed by atoms with Crippen LogP contribution >= 0.6 is 24.8 Å². The van der Waals surface area contributed by atoms with Gasteiger partial charge in [0, 0.05) is 25.5 Å². The second-order valence-electron chi connectivity index (χ2n) is 4.93. The number of nitrogens with two attached hydrogens (primary N) is 2. The second kappa shape index (κ2) is 12.2. The Labute approximate surface area is 171 Å². The molecule has 154 valence electrons. The number of nitrogens with zero attached hydrogens (tertiary/aromatic N) is 3. The van der Waals surface area contributed by atoms with E-state index < -0.39 is 19.7 Å². The Morgan fingerprint density at radius 3 is 1.78 bits per heavy atom. The van der Waals surface area contributed by atoms with Crippen molar-refractivity contribution < 1.29 is 16.8 Å². The van der Waals surface area contributed by atoms with Gasteiger partial charge in [0.15, 0.2) is 29.7 Å². The fourth-order valence-corrected chi connectivity index (χ4v) is 2.79. The standard InChI is InChI=1S/C7H11N3O2S.C7H10N2O2S.2ClH/c1-2-13(11,12)7-5-9-6(3-8)4-10-7;1-12(10,11)7-3-2-6(4-8)5-9-7;;/h4-5H,2-3,8H2,1H3;2-3,5H,4,8H2,1H3;2*1H. The third-order valence-electron chi connectivity index (χ3n) is 3.00. The highest BCUT2D eigenvalue weighted by Gasteiger charge is 2.12. The largest absolute Gasteiger partial charge is 0.326 e. The van der Waals surface area contributed by atoms with Crippen LogP contribution < -0.4 is 11.5 Å². The van der Waals surface area contributed by atoms with Crippen LogP contribution in [0.5, 0.6) is 0 Å². The summed E-state index contributed by atoms with van der Waals surface area (Å²) < 4.78 is 44.4. The molecule has 0 aliphatic rings. The first-order valence-electron chi connectivity index (χ1n) is 7.22. The molecule has 2 rings (SSSR count). The molecule has 2 heterocycles. The summed E-state index contributed by atoms with van der Waals surface area (Å²) >= 11 is 0. The molecule has 13 heteroatoms. The van der Waals surface area contributed by atoms with E-state index in [0.717, 1.165) is 11.8 Å². The van der Waals surface area contributed by atoms with Gasteiger partial charge >= 0.3 is 0 Å². The van der Waals surface area contributed by atoms with Crippen LogP contribution in [0.25, 0.3) is 0 Å². The van der Waals surface area contributed by atoms with Gasteiger partial charge in [0.05, 0.1) is 23.8 Å². The van der Waals surface area contributed by atoms with Gasteiger partial charge in [-0.05, 0) is 11.6 Å². The van der Waals surface area contributed by atoms with Gasteiger partial charge in [-0.2, -0.15) is 0 Å². The Morgan fingerprint density at radius 1 is 0.852 bits per heavy atom. The van der Waals surface area contributed by atoms with Crippen molar-refractivity contribution in [3.63, 3.8) is 0 Å². The van der Waals surface area contributed by atoms with Crippen LogP contribution in [0.4, 0.5) is 0 Å². The summed E-state index contributed by atoms with van der Waals surface area (Å²) in [5.74, 6) is 0.0314. The molecular weight excluding hydrogens is 437 g/mol. The predicted molar refractivity (Wildman–Crippen MR) is 107 cm³/mol. The lowest BCUT2D eigenvalue weighted by atomic mass is 10.3. The zero-order chi connectivity index (χ0) is 19.1. The molecule has 2 aromatic heterocycles. The van der Waals surface area contributed by atoms with Gasteiger partial charge in [0.25, 0.3) is 0 Å². The minimum absolute atomic E-state index is 0. The van der Waals surface area contributed by atoms with E-state index in [2.05, 4.69) is 15.0 Å². The monoisotopic (exact) mass is 459 g/mol. The molecule has 0 radical (unpaired) electrons. The zero-order valence-corrected chi connectivity index (χ0v) is 18.0. The highest BCUT2D eigenvalue weighted by Crippen LogP contribution is 2.06.